The summed E-state index contributed by atoms with van der Waals surface area (Å²) in [5, 5.41) is 6.08. The minimum atomic E-state index is -3.81. The Balaban J connectivity index is 2.01. The van der Waals surface area contributed by atoms with Gasteiger partial charge in [0.2, 0.25) is 0 Å². The van der Waals surface area contributed by atoms with E-state index in [1.165, 1.54) is 46.5 Å². The van der Waals surface area contributed by atoms with Gasteiger partial charge in [-0.1, -0.05) is 6.07 Å². The third kappa shape index (κ3) is 2.88. The van der Waals surface area contributed by atoms with Crippen LogP contribution in [0.15, 0.2) is 52.9 Å². The Hall–Kier alpha value is -2.19. The number of halogens is 1. The summed E-state index contributed by atoms with van der Waals surface area (Å²) in [6.07, 6.45) is 1.45. The van der Waals surface area contributed by atoms with Gasteiger partial charge in [0.05, 0.1) is 4.88 Å². The van der Waals surface area contributed by atoms with Crippen LogP contribution < -0.4 is 4.72 Å². The maximum atomic E-state index is 12.9. The van der Waals surface area contributed by atoms with E-state index in [0.717, 1.165) is 4.88 Å². The van der Waals surface area contributed by atoms with Crippen molar-refractivity contribution in [2.75, 3.05) is 4.72 Å². The molecule has 3 aromatic rings. The van der Waals surface area contributed by atoms with E-state index in [0.29, 0.717) is 11.4 Å². The van der Waals surface area contributed by atoms with Gasteiger partial charge in [-0.3, -0.25) is 9.40 Å². The zero-order valence-corrected chi connectivity index (χ0v) is 13.2. The molecule has 0 amide bonds. The largest absolute Gasteiger partial charge is 0.280 e. The fraction of sp³-hybridized carbons (Fsp3) is 0.0714. The van der Waals surface area contributed by atoms with Crippen LogP contribution in [0.25, 0.3) is 10.6 Å². The Morgan fingerprint density at radius 3 is 2.59 bits per heavy atom. The minimum Gasteiger partial charge on any atom is -0.280 e. The molecule has 114 valence electrons. The molecule has 8 heteroatoms. The number of sulfonamides is 1. The van der Waals surface area contributed by atoms with Gasteiger partial charge < -0.3 is 0 Å². The van der Waals surface area contributed by atoms with E-state index in [9.17, 15) is 12.8 Å². The summed E-state index contributed by atoms with van der Waals surface area (Å²) < 4.78 is 41.9. The zero-order chi connectivity index (χ0) is 15.7. The van der Waals surface area contributed by atoms with Gasteiger partial charge in [-0.2, -0.15) is 5.10 Å². The normalized spacial score (nSPS) is 11.5. The lowest BCUT2D eigenvalue weighted by atomic mass is 10.3. The predicted octanol–water partition coefficient (Wildman–Crippen LogP) is 3.09. The number of nitrogens with zero attached hydrogens (tertiary/aromatic N) is 2. The van der Waals surface area contributed by atoms with Gasteiger partial charge >= 0.3 is 0 Å². The number of aromatic nitrogens is 2. The van der Waals surface area contributed by atoms with Gasteiger partial charge in [0, 0.05) is 18.9 Å². The lowest BCUT2D eigenvalue weighted by Gasteiger charge is -2.07. The molecule has 0 atom stereocenters. The smallest absolute Gasteiger partial charge is 0.265 e. The summed E-state index contributed by atoms with van der Waals surface area (Å²) in [7, 11) is -2.15. The van der Waals surface area contributed by atoms with E-state index in [1.54, 1.807) is 7.05 Å². The van der Waals surface area contributed by atoms with Crippen LogP contribution in [-0.4, -0.2) is 18.2 Å². The van der Waals surface area contributed by atoms with Crippen molar-refractivity contribution >= 4 is 27.0 Å². The topological polar surface area (TPSA) is 64.0 Å². The first kappa shape index (κ1) is 14.7. The molecule has 0 spiro atoms. The van der Waals surface area contributed by atoms with Crippen LogP contribution in [0.5, 0.6) is 0 Å². The molecule has 5 nitrogen and oxygen atoms in total. The molecule has 3 rings (SSSR count). The first-order valence-electron chi connectivity index (χ1n) is 6.31. The molecule has 22 heavy (non-hydrogen) atoms. The van der Waals surface area contributed by atoms with E-state index < -0.39 is 15.8 Å². The molecular formula is C14H12FN3O2S2. The average molecular weight is 337 g/mol. The van der Waals surface area contributed by atoms with Gasteiger partial charge in [0.15, 0.2) is 0 Å². The van der Waals surface area contributed by atoms with Crippen molar-refractivity contribution in [2.45, 2.75) is 4.90 Å². The second kappa shape index (κ2) is 5.54. The lowest BCUT2D eigenvalue weighted by molar-refractivity contribution is 0.601. The van der Waals surface area contributed by atoms with Crippen molar-refractivity contribution in [2.24, 2.45) is 7.05 Å². The third-order valence-corrected chi connectivity index (χ3v) is 5.19. The number of benzene rings is 1. The maximum absolute atomic E-state index is 12.9. The standard InChI is InChI=1S/C14H12FN3O2S2/c1-18-9-13(14(16-18)12-3-2-8-21-12)22(19,20)17-11-6-4-10(15)5-7-11/h2-9,17H,1H3. The molecule has 0 aliphatic rings. The predicted molar refractivity (Wildman–Crippen MR) is 83.7 cm³/mol. The SMILES string of the molecule is Cn1cc(S(=O)(=O)Nc2ccc(F)cc2)c(-c2cccs2)n1. The van der Waals surface area contributed by atoms with Crippen molar-refractivity contribution in [1.29, 1.82) is 0 Å². The first-order valence-corrected chi connectivity index (χ1v) is 8.68. The Kier molecular flexibility index (Phi) is 3.71. The van der Waals surface area contributed by atoms with Crippen LogP contribution in [-0.2, 0) is 17.1 Å². The molecule has 1 N–H and O–H groups in total. The molecular weight excluding hydrogens is 325 g/mol. The van der Waals surface area contributed by atoms with Crippen LogP contribution in [0, 0.1) is 5.82 Å². The number of hydrogen-bond donors (Lipinski definition) is 1. The molecule has 0 saturated heterocycles. The average Bonchev–Trinajstić information content (AvgIpc) is 3.10. The molecule has 0 saturated carbocycles. The second-order valence-corrected chi connectivity index (χ2v) is 7.20. The Bertz CT molecular complexity index is 885. The third-order valence-electron chi connectivity index (χ3n) is 2.94. The molecule has 0 aliphatic carbocycles. The summed E-state index contributed by atoms with van der Waals surface area (Å²) in [6, 6.07) is 8.77. The van der Waals surface area contributed by atoms with Gasteiger partial charge in [-0.15, -0.1) is 11.3 Å². The minimum absolute atomic E-state index is 0.0850. The Morgan fingerprint density at radius 1 is 1.23 bits per heavy atom. The van der Waals surface area contributed by atoms with Gasteiger partial charge in [0.1, 0.15) is 16.4 Å². The molecule has 0 aliphatic heterocycles. The van der Waals surface area contributed by atoms with E-state index in [-0.39, 0.29) is 4.90 Å². The zero-order valence-electron chi connectivity index (χ0n) is 11.5. The second-order valence-electron chi connectivity index (χ2n) is 4.61. The molecule has 2 heterocycles. The molecule has 2 aromatic heterocycles. The van der Waals surface area contributed by atoms with Crippen LogP contribution >= 0.6 is 11.3 Å². The molecule has 0 unspecified atom stereocenters. The summed E-state index contributed by atoms with van der Waals surface area (Å²) in [6.45, 7) is 0. The monoisotopic (exact) mass is 337 g/mol. The number of nitrogens with one attached hydrogen (secondary N) is 1. The lowest BCUT2D eigenvalue weighted by Crippen LogP contribution is -2.13. The Morgan fingerprint density at radius 2 is 1.95 bits per heavy atom. The highest BCUT2D eigenvalue weighted by atomic mass is 32.2. The summed E-state index contributed by atoms with van der Waals surface area (Å²) >= 11 is 1.41. The highest BCUT2D eigenvalue weighted by Gasteiger charge is 2.23. The van der Waals surface area contributed by atoms with E-state index in [1.807, 2.05) is 17.5 Å². The maximum Gasteiger partial charge on any atom is 0.265 e. The van der Waals surface area contributed by atoms with Crippen LogP contribution in [0.2, 0.25) is 0 Å². The number of hydrogen-bond acceptors (Lipinski definition) is 4. The van der Waals surface area contributed by atoms with Crippen molar-refractivity contribution in [3.05, 3.63) is 53.8 Å². The summed E-state index contributed by atoms with van der Waals surface area (Å²) in [5.74, 6) is -0.427. The first-order chi connectivity index (χ1) is 10.5. The van der Waals surface area contributed by atoms with E-state index in [2.05, 4.69) is 9.82 Å². The molecule has 1 aromatic carbocycles. The van der Waals surface area contributed by atoms with Gasteiger partial charge in [0.25, 0.3) is 10.0 Å². The van der Waals surface area contributed by atoms with Crippen LogP contribution in [0.1, 0.15) is 0 Å². The summed E-state index contributed by atoms with van der Waals surface area (Å²) in [4.78, 5) is 0.849. The fourth-order valence-corrected chi connectivity index (χ4v) is 4.02. The van der Waals surface area contributed by atoms with Crippen molar-refractivity contribution in [1.82, 2.24) is 9.78 Å². The van der Waals surface area contributed by atoms with Crippen molar-refractivity contribution in [3.8, 4) is 10.6 Å². The van der Waals surface area contributed by atoms with Gasteiger partial charge in [-0.25, -0.2) is 12.8 Å². The summed E-state index contributed by atoms with van der Waals surface area (Å²) in [5.41, 5.74) is 0.689. The Labute approximate surface area is 131 Å². The van der Waals surface area contributed by atoms with Gasteiger partial charge in [-0.05, 0) is 35.7 Å². The molecule has 0 radical (unpaired) electrons. The van der Waals surface area contributed by atoms with E-state index >= 15 is 0 Å². The highest BCUT2D eigenvalue weighted by Crippen LogP contribution is 2.30. The van der Waals surface area contributed by atoms with Crippen LogP contribution in [0.3, 0.4) is 0 Å². The van der Waals surface area contributed by atoms with E-state index in [4.69, 9.17) is 0 Å². The fourth-order valence-electron chi connectivity index (χ4n) is 1.98. The van der Waals surface area contributed by atoms with Crippen LogP contribution in [0.4, 0.5) is 10.1 Å². The van der Waals surface area contributed by atoms with Crippen molar-refractivity contribution in [3.63, 3.8) is 0 Å². The number of aryl methyl sites for hydroxylation is 1. The number of rotatable bonds is 4. The van der Waals surface area contributed by atoms with Crippen molar-refractivity contribution < 1.29 is 12.8 Å². The highest BCUT2D eigenvalue weighted by molar-refractivity contribution is 7.92. The number of anilines is 1. The molecule has 0 bridgehead atoms. The quantitative estimate of drug-likeness (QED) is 0.796. The molecule has 0 fully saturated rings. The number of thiophene rings is 1.